The molecule has 1 aromatic heterocycles. The molecule has 0 unspecified atom stereocenters. The van der Waals surface area contributed by atoms with Crippen molar-refractivity contribution < 1.29 is 14.3 Å². The van der Waals surface area contributed by atoms with Crippen molar-refractivity contribution in [3.63, 3.8) is 0 Å². The monoisotopic (exact) mass is 389 g/mol. The second kappa shape index (κ2) is 7.88. The van der Waals surface area contributed by atoms with Crippen molar-refractivity contribution in [2.24, 2.45) is 0 Å². The third kappa shape index (κ3) is 4.35. The maximum atomic E-state index is 12.1. The lowest BCUT2D eigenvalue weighted by Crippen LogP contribution is -2.27. The third-order valence-corrected chi connectivity index (χ3v) is 4.70. The average molecular weight is 389 g/mol. The van der Waals surface area contributed by atoms with E-state index >= 15 is 0 Å². The van der Waals surface area contributed by atoms with E-state index in [2.05, 4.69) is 42.1 Å². The predicted octanol–water partition coefficient (Wildman–Crippen LogP) is 2.95. The summed E-state index contributed by atoms with van der Waals surface area (Å²) in [5.41, 5.74) is 2.75. The Bertz CT molecular complexity index is 1110. The van der Waals surface area contributed by atoms with Gasteiger partial charge in [0.15, 0.2) is 11.5 Å². The van der Waals surface area contributed by atoms with Crippen molar-refractivity contribution in [2.45, 2.75) is 32.4 Å². The van der Waals surface area contributed by atoms with Crippen LogP contribution in [0.25, 0.3) is 11.0 Å². The second-order valence-electron chi connectivity index (χ2n) is 7.56. The Balaban J connectivity index is 1.25. The van der Waals surface area contributed by atoms with E-state index in [0.29, 0.717) is 5.75 Å². The molecule has 29 heavy (non-hydrogen) atoms. The number of carbonyl (C=O) groups excluding carboxylic acids is 1. The number of amides is 1. The molecule has 2 aromatic carbocycles. The first-order valence-electron chi connectivity index (χ1n) is 9.58. The molecule has 0 aliphatic carbocycles. The molecule has 6 nitrogen and oxygen atoms in total. The zero-order valence-corrected chi connectivity index (χ0v) is 16.6. The highest BCUT2D eigenvalue weighted by Crippen LogP contribution is 2.41. The molecule has 1 N–H and O–H groups in total. The molecule has 0 fully saturated rings. The number of nitrogens with zero attached hydrogens (tertiary/aromatic N) is 2. The van der Waals surface area contributed by atoms with Crippen LogP contribution in [-0.4, -0.2) is 34.2 Å². The van der Waals surface area contributed by atoms with Crippen molar-refractivity contribution in [1.29, 1.82) is 0 Å². The largest absolute Gasteiger partial charge is 0.483 e. The van der Waals surface area contributed by atoms with E-state index in [1.807, 2.05) is 41.0 Å². The molecule has 148 valence electrons. The zero-order chi connectivity index (χ0) is 20.3. The highest BCUT2D eigenvalue weighted by atomic mass is 16.5. The minimum Gasteiger partial charge on any atom is -0.483 e. The summed E-state index contributed by atoms with van der Waals surface area (Å²) < 4.78 is 13.6. The van der Waals surface area contributed by atoms with Crippen LogP contribution >= 0.6 is 0 Å². The third-order valence-electron chi connectivity index (χ3n) is 4.70. The fraction of sp³-hybridized carbons (Fsp3) is 0.304. The van der Waals surface area contributed by atoms with Gasteiger partial charge in [0.25, 0.3) is 0 Å². The molecule has 1 aliphatic heterocycles. The lowest BCUT2D eigenvalue weighted by molar-refractivity contribution is -0.121. The number of benzene rings is 2. The molecule has 0 bridgehead atoms. The summed E-state index contributed by atoms with van der Waals surface area (Å²) >= 11 is 0. The van der Waals surface area contributed by atoms with Gasteiger partial charge in [-0.25, -0.2) is 4.98 Å². The maximum absolute atomic E-state index is 12.1. The average Bonchev–Trinajstić information content (AvgIpc) is 3.24. The number of aromatic nitrogens is 2. The lowest BCUT2D eigenvalue weighted by Gasteiger charge is -2.17. The minimum atomic E-state index is -0.210. The number of ether oxygens (including phenoxy) is 2. The number of carbonyl (C=O) groups is 1. The quantitative estimate of drug-likeness (QED) is 0.682. The van der Waals surface area contributed by atoms with Gasteiger partial charge < -0.3 is 19.4 Å². The summed E-state index contributed by atoms with van der Waals surface area (Å²) in [7, 11) is 0. The molecule has 0 atom stereocenters. The smallest absolute Gasteiger partial charge is 0.240 e. The van der Waals surface area contributed by atoms with Gasteiger partial charge >= 0.3 is 0 Å². The van der Waals surface area contributed by atoms with E-state index in [0.717, 1.165) is 28.8 Å². The summed E-state index contributed by atoms with van der Waals surface area (Å²) in [6.45, 7) is 4.84. The van der Waals surface area contributed by atoms with Crippen molar-refractivity contribution >= 4 is 16.9 Å². The van der Waals surface area contributed by atoms with Crippen LogP contribution in [0.4, 0.5) is 0 Å². The lowest BCUT2D eigenvalue weighted by atomic mass is 10.0. The molecular weight excluding hydrogens is 366 g/mol. The second-order valence-corrected chi connectivity index (χ2v) is 7.56. The van der Waals surface area contributed by atoms with Crippen molar-refractivity contribution in [3.8, 4) is 23.3 Å². The van der Waals surface area contributed by atoms with Crippen LogP contribution in [0.15, 0.2) is 48.8 Å². The SMILES string of the molecule is CC1(C)Cc2cccc(OCC#CCNC(=O)Cn3cnc4ccccc43)c2O1. The van der Waals surface area contributed by atoms with Gasteiger partial charge in [-0.1, -0.05) is 36.1 Å². The molecular formula is C23H23N3O3. The molecule has 4 rings (SSSR count). The Morgan fingerprint density at radius 3 is 3.00 bits per heavy atom. The van der Waals surface area contributed by atoms with Gasteiger partial charge in [0, 0.05) is 12.0 Å². The minimum absolute atomic E-state index is 0.111. The van der Waals surface area contributed by atoms with Crippen LogP contribution in [0, 0.1) is 11.8 Å². The summed E-state index contributed by atoms with van der Waals surface area (Å²) in [5.74, 6) is 7.24. The van der Waals surface area contributed by atoms with Gasteiger partial charge in [-0.2, -0.15) is 0 Å². The first kappa shape index (κ1) is 18.9. The van der Waals surface area contributed by atoms with Gasteiger partial charge in [0.05, 0.1) is 23.9 Å². The normalized spacial score (nSPS) is 13.9. The van der Waals surface area contributed by atoms with E-state index in [4.69, 9.17) is 9.47 Å². The topological polar surface area (TPSA) is 65.4 Å². The molecule has 0 saturated carbocycles. The van der Waals surface area contributed by atoms with Crippen LogP contribution in [0.2, 0.25) is 0 Å². The Kier molecular flexibility index (Phi) is 5.13. The number of nitrogens with one attached hydrogen (secondary N) is 1. The highest BCUT2D eigenvalue weighted by molar-refractivity contribution is 5.80. The summed E-state index contributed by atoms with van der Waals surface area (Å²) in [5, 5.41) is 2.80. The van der Waals surface area contributed by atoms with Crippen LogP contribution in [-0.2, 0) is 17.8 Å². The van der Waals surface area contributed by atoms with E-state index in [9.17, 15) is 4.79 Å². The standard InChI is InChI=1S/C23H23N3O3/c1-23(2)14-17-8-7-11-20(22(17)29-23)28-13-6-5-12-24-21(27)15-26-16-25-18-9-3-4-10-19(18)26/h3-4,7-11,16H,12-15H2,1-2H3,(H,24,27). The molecule has 1 amide bonds. The number of imidazole rings is 1. The fourth-order valence-corrected chi connectivity index (χ4v) is 3.42. The number of para-hydroxylation sites is 3. The first-order valence-corrected chi connectivity index (χ1v) is 9.58. The molecule has 2 heterocycles. The van der Waals surface area contributed by atoms with Gasteiger partial charge in [0.2, 0.25) is 5.91 Å². The Morgan fingerprint density at radius 1 is 1.24 bits per heavy atom. The number of hydrogen-bond donors (Lipinski definition) is 1. The Labute approximate surface area is 169 Å². The number of hydrogen-bond acceptors (Lipinski definition) is 4. The summed E-state index contributed by atoms with van der Waals surface area (Å²) in [4.78, 5) is 16.4. The zero-order valence-electron chi connectivity index (χ0n) is 16.6. The summed E-state index contributed by atoms with van der Waals surface area (Å²) in [6, 6.07) is 13.6. The molecule has 0 spiro atoms. The Hall–Kier alpha value is -3.46. The van der Waals surface area contributed by atoms with E-state index in [1.54, 1.807) is 6.33 Å². The predicted molar refractivity (Wildman–Crippen MR) is 111 cm³/mol. The van der Waals surface area contributed by atoms with Gasteiger partial charge in [-0.3, -0.25) is 4.79 Å². The van der Waals surface area contributed by atoms with Crippen LogP contribution in [0.1, 0.15) is 19.4 Å². The maximum Gasteiger partial charge on any atom is 0.240 e. The van der Waals surface area contributed by atoms with Gasteiger partial charge in [-0.15, -0.1) is 0 Å². The van der Waals surface area contributed by atoms with Crippen LogP contribution in [0.3, 0.4) is 0 Å². The molecule has 1 aliphatic rings. The van der Waals surface area contributed by atoms with E-state index in [1.165, 1.54) is 0 Å². The van der Waals surface area contributed by atoms with Crippen molar-refractivity contribution in [1.82, 2.24) is 14.9 Å². The van der Waals surface area contributed by atoms with Crippen molar-refractivity contribution in [3.05, 3.63) is 54.4 Å². The molecule has 0 radical (unpaired) electrons. The van der Waals surface area contributed by atoms with Crippen LogP contribution in [0.5, 0.6) is 11.5 Å². The fourth-order valence-electron chi connectivity index (χ4n) is 3.42. The van der Waals surface area contributed by atoms with Crippen LogP contribution < -0.4 is 14.8 Å². The molecule has 3 aromatic rings. The van der Waals surface area contributed by atoms with Crippen molar-refractivity contribution in [2.75, 3.05) is 13.2 Å². The molecule has 0 saturated heterocycles. The van der Waals surface area contributed by atoms with Gasteiger partial charge in [-0.05, 0) is 32.0 Å². The van der Waals surface area contributed by atoms with Gasteiger partial charge in [0.1, 0.15) is 18.8 Å². The highest BCUT2D eigenvalue weighted by Gasteiger charge is 2.32. The number of fused-ring (bicyclic) bond motifs is 2. The Morgan fingerprint density at radius 2 is 2.10 bits per heavy atom. The summed E-state index contributed by atoms with van der Waals surface area (Å²) in [6.07, 6.45) is 2.54. The molecule has 6 heteroatoms. The first-order chi connectivity index (χ1) is 14.0. The number of rotatable bonds is 5. The van der Waals surface area contributed by atoms with E-state index < -0.39 is 0 Å². The van der Waals surface area contributed by atoms with E-state index in [-0.39, 0.29) is 31.2 Å².